The predicted molar refractivity (Wildman–Crippen MR) is 76.0 cm³/mol. The van der Waals surface area contributed by atoms with Crippen molar-refractivity contribution in [3.63, 3.8) is 0 Å². The molecule has 0 atom stereocenters. The lowest BCUT2D eigenvalue weighted by Gasteiger charge is -2.11. The first-order valence-corrected chi connectivity index (χ1v) is 6.35. The first kappa shape index (κ1) is 14.8. The van der Waals surface area contributed by atoms with Gasteiger partial charge in [-0.1, -0.05) is 0 Å². The number of H-pyrrole nitrogens is 1. The summed E-state index contributed by atoms with van der Waals surface area (Å²) < 4.78 is 39.5. The topological polar surface area (TPSA) is 90.9 Å². The minimum atomic E-state index is -4.53. The van der Waals surface area contributed by atoms with Gasteiger partial charge in [0.15, 0.2) is 0 Å². The van der Waals surface area contributed by atoms with Crippen LogP contribution in [0, 0.1) is 0 Å². The second kappa shape index (κ2) is 5.27. The van der Waals surface area contributed by atoms with Crippen molar-refractivity contribution in [3.8, 4) is 11.1 Å². The molecule has 0 spiro atoms. The molecule has 9 heteroatoms. The van der Waals surface area contributed by atoms with Gasteiger partial charge in [0.25, 0.3) is 0 Å². The lowest BCUT2D eigenvalue weighted by Crippen LogP contribution is -2.08. The molecule has 0 aliphatic carbocycles. The van der Waals surface area contributed by atoms with Crippen molar-refractivity contribution in [2.75, 3.05) is 5.32 Å². The van der Waals surface area contributed by atoms with Crippen molar-refractivity contribution in [2.45, 2.75) is 6.18 Å². The summed E-state index contributed by atoms with van der Waals surface area (Å²) >= 11 is 0. The summed E-state index contributed by atoms with van der Waals surface area (Å²) in [6.45, 7) is 0. The first-order valence-electron chi connectivity index (χ1n) is 6.35. The number of halogens is 3. The minimum absolute atomic E-state index is 0.0848. The molecule has 118 valence electrons. The van der Waals surface area contributed by atoms with Gasteiger partial charge in [0, 0.05) is 17.1 Å². The molecule has 3 rings (SSSR count). The van der Waals surface area contributed by atoms with Crippen molar-refractivity contribution in [1.29, 1.82) is 0 Å². The third-order valence-corrected chi connectivity index (χ3v) is 3.19. The largest absolute Gasteiger partial charge is 0.465 e. The molecule has 0 aliphatic rings. The number of nitrogens with one attached hydrogen (secondary N) is 2. The quantitative estimate of drug-likeness (QED) is 0.670. The van der Waals surface area contributed by atoms with Crippen molar-refractivity contribution >= 4 is 22.8 Å². The highest BCUT2D eigenvalue weighted by molar-refractivity contribution is 5.88. The number of hydrogen-bond donors (Lipinski definition) is 3. The van der Waals surface area contributed by atoms with Crippen molar-refractivity contribution in [3.05, 3.63) is 42.2 Å². The molecule has 1 amide bonds. The Bertz CT molecular complexity index is 872. The van der Waals surface area contributed by atoms with E-state index < -0.39 is 17.8 Å². The fourth-order valence-electron chi connectivity index (χ4n) is 2.20. The molecule has 2 heterocycles. The zero-order chi connectivity index (χ0) is 16.6. The summed E-state index contributed by atoms with van der Waals surface area (Å²) in [4.78, 5) is 14.4. The summed E-state index contributed by atoms with van der Waals surface area (Å²) in [5, 5.41) is 16.9. The molecule has 0 bridgehead atoms. The number of nitrogens with zero attached hydrogens (tertiary/aromatic N) is 2. The van der Waals surface area contributed by atoms with E-state index in [1.165, 1.54) is 24.5 Å². The van der Waals surface area contributed by atoms with Crippen molar-refractivity contribution in [1.82, 2.24) is 15.2 Å². The van der Waals surface area contributed by atoms with E-state index in [-0.39, 0.29) is 11.3 Å². The van der Waals surface area contributed by atoms with E-state index in [0.717, 1.165) is 6.07 Å². The Morgan fingerprint density at radius 1 is 1.17 bits per heavy atom. The maximum atomic E-state index is 13.2. The zero-order valence-corrected chi connectivity index (χ0v) is 11.3. The van der Waals surface area contributed by atoms with E-state index in [1.54, 1.807) is 6.07 Å². The number of aromatic amines is 1. The van der Waals surface area contributed by atoms with Crippen LogP contribution in [0.4, 0.5) is 23.8 Å². The summed E-state index contributed by atoms with van der Waals surface area (Å²) in [6.07, 6.45) is -3.20. The molecule has 0 unspecified atom stereocenters. The molecule has 23 heavy (non-hydrogen) atoms. The second-order valence-corrected chi connectivity index (χ2v) is 4.72. The smallest absolute Gasteiger partial charge is 0.418 e. The van der Waals surface area contributed by atoms with E-state index >= 15 is 0 Å². The zero-order valence-electron chi connectivity index (χ0n) is 11.3. The Labute approximate surface area is 127 Å². The number of rotatable bonds is 2. The number of aromatic nitrogens is 3. The molecular weight excluding hydrogens is 313 g/mol. The maximum Gasteiger partial charge on any atom is 0.418 e. The number of benzene rings is 1. The van der Waals surface area contributed by atoms with Gasteiger partial charge in [-0.2, -0.15) is 18.3 Å². The van der Waals surface area contributed by atoms with E-state index in [2.05, 4.69) is 20.5 Å². The highest BCUT2D eigenvalue weighted by Gasteiger charge is 2.34. The van der Waals surface area contributed by atoms with Gasteiger partial charge in [-0.15, -0.1) is 0 Å². The summed E-state index contributed by atoms with van der Waals surface area (Å²) in [7, 11) is 0. The minimum Gasteiger partial charge on any atom is -0.465 e. The lowest BCUT2D eigenvalue weighted by molar-refractivity contribution is -0.136. The predicted octanol–water partition coefficient (Wildman–Crippen LogP) is 3.73. The Kier molecular flexibility index (Phi) is 3.40. The lowest BCUT2D eigenvalue weighted by atomic mass is 10.0. The van der Waals surface area contributed by atoms with Gasteiger partial charge in [0.1, 0.15) is 5.82 Å². The summed E-state index contributed by atoms with van der Waals surface area (Å²) in [5.74, 6) is 0.0849. The number of carboxylic acid groups (broad SMARTS) is 1. The molecule has 0 saturated carbocycles. The van der Waals surface area contributed by atoms with Crippen molar-refractivity contribution in [2.24, 2.45) is 0 Å². The third kappa shape index (κ3) is 2.93. The number of alkyl halides is 3. The van der Waals surface area contributed by atoms with E-state index in [9.17, 15) is 18.0 Å². The Balaban J connectivity index is 2.07. The van der Waals surface area contributed by atoms with Gasteiger partial charge in [0.2, 0.25) is 0 Å². The average molecular weight is 322 g/mol. The molecule has 1 aromatic carbocycles. The number of carbonyl (C=O) groups is 1. The van der Waals surface area contributed by atoms with Crippen LogP contribution in [0.1, 0.15) is 5.56 Å². The molecular formula is C14H9F3N4O2. The molecule has 0 fully saturated rings. The van der Waals surface area contributed by atoms with Crippen LogP contribution in [0.5, 0.6) is 0 Å². The van der Waals surface area contributed by atoms with Crippen LogP contribution >= 0.6 is 0 Å². The number of fused-ring (bicyclic) bond motifs is 1. The monoisotopic (exact) mass is 322 g/mol. The number of amides is 1. The Morgan fingerprint density at radius 2 is 1.96 bits per heavy atom. The van der Waals surface area contributed by atoms with Crippen LogP contribution in [-0.2, 0) is 6.18 Å². The average Bonchev–Trinajstić information content (AvgIpc) is 2.93. The molecule has 3 N–H and O–H groups in total. The van der Waals surface area contributed by atoms with Gasteiger partial charge in [0.05, 0.1) is 17.3 Å². The maximum absolute atomic E-state index is 13.2. The Hall–Kier alpha value is -3.10. The van der Waals surface area contributed by atoms with Crippen LogP contribution in [0.2, 0.25) is 0 Å². The van der Waals surface area contributed by atoms with E-state index in [4.69, 9.17) is 5.11 Å². The summed E-state index contributed by atoms with van der Waals surface area (Å²) in [6, 6.07) is 5.41. The highest BCUT2D eigenvalue weighted by Crippen LogP contribution is 2.37. The van der Waals surface area contributed by atoms with Crippen LogP contribution in [0.3, 0.4) is 0 Å². The van der Waals surface area contributed by atoms with E-state index in [1.807, 2.05) is 0 Å². The number of anilines is 1. The van der Waals surface area contributed by atoms with Crippen LogP contribution in [0.25, 0.3) is 22.0 Å². The van der Waals surface area contributed by atoms with E-state index in [0.29, 0.717) is 16.5 Å². The Morgan fingerprint density at radius 3 is 2.57 bits per heavy atom. The fraction of sp³-hybridized carbons (Fsp3) is 0.0714. The SMILES string of the molecule is O=C(O)Nc1ccc(-c2cc(C(F)(F)F)c3[nH]ncc3c2)cn1. The van der Waals surface area contributed by atoms with Gasteiger partial charge in [-0.25, -0.2) is 9.78 Å². The fourth-order valence-corrected chi connectivity index (χ4v) is 2.20. The molecule has 6 nitrogen and oxygen atoms in total. The summed E-state index contributed by atoms with van der Waals surface area (Å²) in [5.41, 5.74) is -0.177. The first-order chi connectivity index (χ1) is 10.8. The standard InChI is InChI=1S/C14H9F3N4O2/c15-14(16,17)10-4-8(3-9-6-19-21-12(9)10)7-1-2-11(18-5-7)20-13(22)23/h1-6H,(H,18,20)(H,19,21)(H,22,23). The van der Waals surface area contributed by atoms with Gasteiger partial charge in [-0.3, -0.25) is 10.4 Å². The molecule has 2 aromatic heterocycles. The third-order valence-electron chi connectivity index (χ3n) is 3.19. The van der Waals surface area contributed by atoms with Crippen LogP contribution in [0.15, 0.2) is 36.7 Å². The molecule has 3 aromatic rings. The van der Waals surface area contributed by atoms with Crippen molar-refractivity contribution < 1.29 is 23.1 Å². The van der Waals surface area contributed by atoms with Crippen LogP contribution in [-0.4, -0.2) is 26.4 Å². The molecule has 0 radical (unpaired) electrons. The van der Waals surface area contributed by atoms with Gasteiger partial charge >= 0.3 is 12.3 Å². The number of pyridine rings is 1. The molecule has 0 saturated heterocycles. The highest BCUT2D eigenvalue weighted by atomic mass is 19.4. The normalized spacial score (nSPS) is 11.6. The number of hydrogen-bond acceptors (Lipinski definition) is 3. The van der Waals surface area contributed by atoms with Gasteiger partial charge < -0.3 is 5.11 Å². The van der Waals surface area contributed by atoms with Crippen LogP contribution < -0.4 is 5.32 Å². The molecule has 0 aliphatic heterocycles. The van der Waals surface area contributed by atoms with Gasteiger partial charge in [-0.05, 0) is 29.8 Å². The second-order valence-electron chi connectivity index (χ2n) is 4.72.